The van der Waals surface area contributed by atoms with Crippen LogP contribution in [0, 0.1) is 0 Å². The molecule has 2 rings (SSSR count). The van der Waals surface area contributed by atoms with Crippen LogP contribution in [0.1, 0.15) is 18.4 Å². The number of carbonyl (C=O) groups excluding carboxylic acids is 1. The van der Waals surface area contributed by atoms with Gasteiger partial charge in [0, 0.05) is 17.4 Å². The molecular formula is C13H17BrClN5O2. The van der Waals surface area contributed by atoms with Gasteiger partial charge in [0.2, 0.25) is 11.8 Å². The fourth-order valence-corrected chi connectivity index (χ4v) is 2.03. The lowest BCUT2D eigenvalue weighted by molar-refractivity contribution is -0.126. The Morgan fingerprint density at radius 3 is 2.59 bits per heavy atom. The summed E-state index contributed by atoms with van der Waals surface area (Å²) in [7, 11) is 0. The molecule has 2 aromatic rings. The molecule has 0 aliphatic rings. The van der Waals surface area contributed by atoms with E-state index < -0.39 is 5.54 Å². The summed E-state index contributed by atoms with van der Waals surface area (Å²) in [6.45, 7) is 2.00. The molecule has 1 aromatic heterocycles. The van der Waals surface area contributed by atoms with Gasteiger partial charge in [-0.15, -0.1) is 12.4 Å². The molecule has 22 heavy (non-hydrogen) atoms. The molecule has 1 aromatic carbocycles. The van der Waals surface area contributed by atoms with Crippen LogP contribution < -0.4 is 16.8 Å². The molecule has 7 nitrogen and oxygen atoms in total. The predicted molar refractivity (Wildman–Crippen MR) is 88.4 cm³/mol. The number of anilines is 1. The monoisotopic (exact) mass is 389 g/mol. The number of aromatic nitrogens is 2. The Morgan fingerprint density at radius 1 is 1.41 bits per heavy atom. The van der Waals surface area contributed by atoms with E-state index in [1.807, 2.05) is 24.3 Å². The second kappa shape index (κ2) is 7.57. The highest BCUT2D eigenvalue weighted by atomic mass is 79.9. The van der Waals surface area contributed by atoms with Crippen molar-refractivity contribution in [2.75, 3.05) is 12.3 Å². The fraction of sp³-hybridized carbons (Fsp3) is 0.308. The molecule has 0 aliphatic heterocycles. The van der Waals surface area contributed by atoms with Gasteiger partial charge in [0.25, 0.3) is 5.95 Å². The molecule has 1 atom stereocenters. The lowest BCUT2D eigenvalue weighted by atomic mass is 9.92. The van der Waals surface area contributed by atoms with Gasteiger partial charge in [-0.05, 0) is 29.8 Å². The lowest BCUT2D eigenvalue weighted by Crippen LogP contribution is -2.49. The molecule has 1 amide bonds. The van der Waals surface area contributed by atoms with Crippen molar-refractivity contribution in [2.24, 2.45) is 5.73 Å². The Hall–Kier alpha value is -1.64. The van der Waals surface area contributed by atoms with Crippen molar-refractivity contribution in [1.29, 1.82) is 0 Å². The number of halogens is 2. The number of carbonyl (C=O) groups is 1. The van der Waals surface area contributed by atoms with Crippen LogP contribution in [0.4, 0.5) is 5.95 Å². The number of amides is 1. The number of benzene rings is 1. The Labute approximate surface area is 142 Å². The third-order valence-corrected chi connectivity index (χ3v) is 3.55. The second-order valence-corrected chi connectivity index (χ2v) is 5.68. The molecule has 0 saturated heterocycles. The number of nitrogens with one attached hydrogen (secondary N) is 1. The van der Waals surface area contributed by atoms with E-state index >= 15 is 0 Å². The van der Waals surface area contributed by atoms with Gasteiger partial charge in [-0.3, -0.25) is 4.79 Å². The Morgan fingerprint density at radius 2 is 2.05 bits per heavy atom. The molecule has 1 heterocycles. The second-order valence-electron chi connectivity index (χ2n) is 4.76. The molecular weight excluding hydrogens is 374 g/mol. The van der Waals surface area contributed by atoms with Crippen molar-refractivity contribution >= 4 is 40.2 Å². The van der Waals surface area contributed by atoms with Gasteiger partial charge in [0.05, 0.1) is 0 Å². The largest absolute Gasteiger partial charge is 0.365 e. The third kappa shape index (κ3) is 4.43. The van der Waals surface area contributed by atoms with Crippen molar-refractivity contribution in [3.8, 4) is 0 Å². The minimum absolute atomic E-state index is 0. The first-order valence-electron chi connectivity index (χ1n) is 6.31. The van der Waals surface area contributed by atoms with Crippen LogP contribution in [0.2, 0.25) is 0 Å². The summed E-state index contributed by atoms with van der Waals surface area (Å²) in [4.78, 5) is 16.1. The Bertz CT molecular complexity index is 630. The number of hydrogen-bond donors (Lipinski definition) is 3. The maximum absolute atomic E-state index is 12.2. The van der Waals surface area contributed by atoms with Crippen LogP contribution in [-0.4, -0.2) is 22.6 Å². The zero-order valence-electron chi connectivity index (χ0n) is 11.9. The summed E-state index contributed by atoms with van der Waals surface area (Å²) < 4.78 is 5.78. The number of nitrogens with zero attached hydrogens (tertiary/aromatic N) is 2. The highest BCUT2D eigenvalue weighted by Crippen LogP contribution is 2.20. The van der Waals surface area contributed by atoms with Crippen LogP contribution >= 0.6 is 28.3 Å². The number of rotatable bonds is 5. The van der Waals surface area contributed by atoms with Crippen LogP contribution in [-0.2, 0) is 16.8 Å². The summed E-state index contributed by atoms with van der Waals surface area (Å²) in [6, 6.07) is 7.30. The molecule has 0 aliphatic carbocycles. The van der Waals surface area contributed by atoms with E-state index in [1.54, 1.807) is 6.92 Å². The van der Waals surface area contributed by atoms with Gasteiger partial charge in [0.1, 0.15) is 5.54 Å². The maximum Gasteiger partial charge on any atom is 0.260 e. The van der Waals surface area contributed by atoms with E-state index in [2.05, 4.69) is 31.4 Å². The minimum atomic E-state index is -1.12. The van der Waals surface area contributed by atoms with Crippen LogP contribution in [0.15, 0.2) is 33.3 Å². The van der Waals surface area contributed by atoms with Crippen molar-refractivity contribution in [1.82, 2.24) is 15.5 Å². The molecule has 1 unspecified atom stereocenters. The summed E-state index contributed by atoms with van der Waals surface area (Å²) in [5.74, 6) is 0.169. The van der Waals surface area contributed by atoms with Gasteiger partial charge in [-0.1, -0.05) is 28.1 Å². The van der Waals surface area contributed by atoms with Gasteiger partial charge in [0.15, 0.2) is 0 Å². The van der Waals surface area contributed by atoms with E-state index in [9.17, 15) is 4.79 Å². The quantitative estimate of drug-likeness (QED) is 0.709. The summed E-state index contributed by atoms with van der Waals surface area (Å²) in [5.41, 5.74) is 11.1. The van der Waals surface area contributed by atoms with Gasteiger partial charge < -0.3 is 21.3 Å². The number of nitrogen functional groups attached to an aromatic ring is 1. The molecule has 120 valence electrons. The lowest BCUT2D eigenvalue weighted by Gasteiger charge is -2.24. The summed E-state index contributed by atoms with van der Waals surface area (Å²) in [6.07, 6.45) is 0.395. The Kier molecular flexibility index (Phi) is 6.34. The number of hydrogen-bond acceptors (Lipinski definition) is 6. The van der Waals surface area contributed by atoms with Crippen LogP contribution in [0.25, 0.3) is 0 Å². The van der Waals surface area contributed by atoms with Gasteiger partial charge in [-0.25, -0.2) is 0 Å². The average Bonchev–Trinajstić information content (AvgIpc) is 2.85. The van der Waals surface area contributed by atoms with Crippen molar-refractivity contribution in [3.05, 3.63) is 40.2 Å². The highest BCUT2D eigenvalue weighted by molar-refractivity contribution is 9.10. The average molecular weight is 391 g/mol. The molecule has 0 radical (unpaired) electrons. The van der Waals surface area contributed by atoms with E-state index in [4.69, 9.17) is 16.0 Å². The molecule has 0 saturated carbocycles. The van der Waals surface area contributed by atoms with Crippen LogP contribution in [0.3, 0.4) is 0 Å². The number of nitrogens with two attached hydrogens (primary N) is 2. The fourth-order valence-electron chi connectivity index (χ4n) is 1.76. The van der Waals surface area contributed by atoms with Crippen molar-refractivity contribution in [3.63, 3.8) is 0 Å². The minimum Gasteiger partial charge on any atom is -0.365 e. The van der Waals surface area contributed by atoms with E-state index in [0.717, 1.165) is 10.0 Å². The van der Waals surface area contributed by atoms with E-state index in [1.165, 1.54) is 0 Å². The van der Waals surface area contributed by atoms with Gasteiger partial charge >= 0.3 is 0 Å². The third-order valence-electron chi connectivity index (χ3n) is 3.02. The van der Waals surface area contributed by atoms with Gasteiger partial charge in [-0.2, -0.15) is 4.98 Å². The highest BCUT2D eigenvalue weighted by Gasteiger charge is 2.30. The molecule has 9 heteroatoms. The van der Waals surface area contributed by atoms with Crippen molar-refractivity contribution < 1.29 is 9.32 Å². The molecule has 0 fully saturated rings. The normalized spacial score (nSPS) is 13.0. The summed E-state index contributed by atoms with van der Waals surface area (Å²) >= 11 is 3.34. The molecule has 5 N–H and O–H groups in total. The summed E-state index contributed by atoms with van der Waals surface area (Å²) in [5, 5.41) is 6.22. The SMILES string of the molecule is CC(N)(C(=O)NCCc1nc(N)no1)c1ccc(Br)cc1.Cl. The molecule has 0 spiro atoms. The van der Waals surface area contributed by atoms with Crippen LogP contribution in [0.5, 0.6) is 0 Å². The van der Waals surface area contributed by atoms with E-state index in [0.29, 0.717) is 18.9 Å². The first-order chi connectivity index (χ1) is 9.89. The predicted octanol–water partition coefficient (Wildman–Crippen LogP) is 1.37. The standard InChI is InChI=1S/C13H16BrN5O2.ClH/c1-13(16,8-2-4-9(14)5-3-8)11(20)17-7-6-10-18-12(15)19-21-10;/h2-5H,6-7,16H2,1H3,(H2,15,19)(H,17,20);1H. The van der Waals surface area contributed by atoms with E-state index in [-0.39, 0.29) is 24.3 Å². The zero-order chi connectivity index (χ0) is 15.5. The first kappa shape index (κ1) is 18.4. The van der Waals surface area contributed by atoms with Crippen molar-refractivity contribution in [2.45, 2.75) is 18.9 Å². The first-order valence-corrected chi connectivity index (χ1v) is 7.10. The Balaban J connectivity index is 0.00000242. The molecule has 0 bridgehead atoms. The zero-order valence-corrected chi connectivity index (χ0v) is 14.3. The smallest absolute Gasteiger partial charge is 0.260 e. The topological polar surface area (TPSA) is 120 Å². The maximum atomic E-state index is 12.2.